The van der Waals surface area contributed by atoms with E-state index >= 15 is 0 Å². The van der Waals surface area contributed by atoms with E-state index in [2.05, 4.69) is 29.2 Å². The Balaban J connectivity index is 1.50. The first-order chi connectivity index (χ1) is 15.9. The highest BCUT2D eigenvalue weighted by Gasteiger charge is 2.57. The number of nitrogens with one attached hydrogen (secondary N) is 1. The molecule has 0 aliphatic carbocycles. The summed E-state index contributed by atoms with van der Waals surface area (Å²) in [7, 11) is 0. The van der Waals surface area contributed by atoms with Gasteiger partial charge in [0.1, 0.15) is 18.0 Å². The van der Waals surface area contributed by atoms with Crippen molar-refractivity contribution in [2.45, 2.75) is 36.8 Å². The number of H-pyrrole nitrogens is 1. The largest absolute Gasteiger partial charge is 0.454 e. The third-order valence-electron chi connectivity index (χ3n) is 6.20. The number of fused-ring (bicyclic) bond motifs is 2. The zero-order chi connectivity index (χ0) is 23.2. The summed E-state index contributed by atoms with van der Waals surface area (Å²) in [5, 5.41) is 54.1. The fourth-order valence-corrected chi connectivity index (χ4v) is 4.39. The second-order valence-corrected chi connectivity index (χ2v) is 8.35. The van der Waals surface area contributed by atoms with Gasteiger partial charge in [-0.25, -0.2) is 0 Å². The van der Waals surface area contributed by atoms with Gasteiger partial charge in [-0.15, -0.1) is 0 Å². The molecular weight excluding hydrogens is 426 g/mol. The van der Waals surface area contributed by atoms with E-state index < -0.39 is 37.0 Å². The van der Waals surface area contributed by atoms with Gasteiger partial charge in [-0.05, 0) is 40.5 Å². The van der Waals surface area contributed by atoms with Gasteiger partial charge in [0.2, 0.25) is 6.29 Å². The SMILES string of the molecule is OC[C@H]1O[C@H](O)[C@@](O)(Oc2cccc3[nH]cc(Cc4ccc5ccccc5c4)c23)[C@@H](O)[C@@H]1O. The number of ether oxygens (including phenoxy) is 2. The van der Waals surface area contributed by atoms with Crippen LogP contribution in [0, 0.1) is 0 Å². The minimum Gasteiger partial charge on any atom is -0.454 e. The Morgan fingerprint density at radius 2 is 1.76 bits per heavy atom. The molecule has 0 saturated carbocycles. The molecule has 33 heavy (non-hydrogen) atoms. The zero-order valence-electron chi connectivity index (χ0n) is 17.6. The van der Waals surface area contributed by atoms with Gasteiger partial charge in [0.15, 0.2) is 6.10 Å². The van der Waals surface area contributed by atoms with Crippen molar-refractivity contribution in [3.8, 4) is 5.75 Å². The number of hydrogen-bond acceptors (Lipinski definition) is 7. The molecule has 0 spiro atoms. The maximum Gasteiger partial charge on any atom is 0.288 e. The van der Waals surface area contributed by atoms with E-state index in [0.717, 1.165) is 27.4 Å². The highest BCUT2D eigenvalue weighted by atomic mass is 16.7. The van der Waals surface area contributed by atoms with Crippen LogP contribution in [-0.4, -0.2) is 67.5 Å². The molecule has 4 aromatic rings. The highest BCUT2D eigenvalue weighted by Crippen LogP contribution is 2.37. The van der Waals surface area contributed by atoms with E-state index in [1.807, 2.05) is 30.5 Å². The Kier molecular flexibility index (Phi) is 5.57. The quantitative estimate of drug-likeness (QED) is 0.253. The van der Waals surface area contributed by atoms with Crippen LogP contribution < -0.4 is 4.74 Å². The molecule has 1 aliphatic heterocycles. The first kappa shape index (κ1) is 21.8. The minimum atomic E-state index is -2.64. The summed E-state index contributed by atoms with van der Waals surface area (Å²) in [4.78, 5) is 3.18. The second-order valence-electron chi connectivity index (χ2n) is 8.35. The van der Waals surface area contributed by atoms with E-state index in [1.165, 1.54) is 0 Å². The average Bonchev–Trinajstić information content (AvgIpc) is 3.24. The van der Waals surface area contributed by atoms with Crippen molar-refractivity contribution in [3.63, 3.8) is 0 Å². The number of aromatic nitrogens is 1. The molecule has 8 heteroatoms. The van der Waals surface area contributed by atoms with Gasteiger partial charge in [0.05, 0.1) is 6.61 Å². The van der Waals surface area contributed by atoms with Crippen LogP contribution in [0.2, 0.25) is 0 Å². The van der Waals surface area contributed by atoms with Crippen LogP contribution in [0.15, 0.2) is 66.9 Å². The molecular formula is C25H25NO7. The Morgan fingerprint density at radius 1 is 0.970 bits per heavy atom. The summed E-state index contributed by atoms with van der Waals surface area (Å²) >= 11 is 0. The summed E-state index contributed by atoms with van der Waals surface area (Å²) in [5.74, 6) is -2.44. The van der Waals surface area contributed by atoms with Crippen LogP contribution in [0.3, 0.4) is 0 Å². The van der Waals surface area contributed by atoms with Gasteiger partial charge in [0, 0.05) is 17.1 Å². The number of hydrogen-bond donors (Lipinski definition) is 6. The van der Waals surface area contributed by atoms with Crippen molar-refractivity contribution in [2.24, 2.45) is 0 Å². The van der Waals surface area contributed by atoms with Crippen LogP contribution in [0.1, 0.15) is 11.1 Å². The Bertz CT molecular complexity index is 1290. The molecule has 3 aromatic carbocycles. The molecule has 1 aromatic heterocycles. The molecule has 1 fully saturated rings. The summed E-state index contributed by atoms with van der Waals surface area (Å²) < 4.78 is 10.8. The van der Waals surface area contributed by atoms with E-state index in [4.69, 9.17) is 9.47 Å². The molecule has 2 heterocycles. The molecule has 0 bridgehead atoms. The van der Waals surface area contributed by atoms with Crippen molar-refractivity contribution >= 4 is 21.7 Å². The second kappa shape index (κ2) is 8.42. The van der Waals surface area contributed by atoms with Gasteiger partial charge < -0.3 is 40.0 Å². The lowest BCUT2D eigenvalue weighted by Gasteiger charge is -2.45. The van der Waals surface area contributed by atoms with Crippen molar-refractivity contribution in [2.75, 3.05) is 6.61 Å². The Morgan fingerprint density at radius 3 is 2.55 bits per heavy atom. The van der Waals surface area contributed by atoms with E-state index in [0.29, 0.717) is 11.8 Å². The maximum atomic E-state index is 10.9. The van der Waals surface area contributed by atoms with Crippen LogP contribution in [0.5, 0.6) is 5.75 Å². The van der Waals surface area contributed by atoms with Crippen LogP contribution in [-0.2, 0) is 11.2 Å². The molecule has 5 rings (SSSR count). The van der Waals surface area contributed by atoms with Crippen molar-refractivity contribution < 1.29 is 35.0 Å². The third kappa shape index (κ3) is 3.76. The summed E-state index contributed by atoms with van der Waals surface area (Å²) in [6.45, 7) is -0.644. The Labute approximate surface area is 189 Å². The maximum absolute atomic E-state index is 10.9. The monoisotopic (exact) mass is 451 g/mol. The summed E-state index contributed by atoms with van der Waals surface area (Å²) in [5.41, 5.74) is 2.70. The molecule has 0 unspecified atom stereocenters. The van der Waals surface area contributed by atoms with E-state index in [1.54, 1.807) is 12.1 Å². The molecule has 6 N–H and O–H groups in total. The normalized spacial score (nSPS) is 27.8. The predicted octanol–water partition coefficient (Wildman–Crippen LogP) is 1.41. The third-order valence-corrected chi connectivity index (χ3v) is 6.20. The van der Waals surface area contributed by atoms with Crippen LogP contribution in [0.4, 0.5) is 0 Å². The fraction of sp³-hybridized carbons (Fsp3) is 0.280. The van der Waals surface area contributed by atoms with Gasteiger partial charge in [-0.1, -0.05) is 48.5 Å². The highest BCUT2D eigenvalue weighted by molar-refractivity contribution is 5.90. The Hall–Kier alpha value is -2.98. The lowest BCUT2D eigenvalue weighted by molar-refractivity contribution is -0.385. The standard InChI is InChI=1S/C25H25NO7/c27-13-20-22(28)23(29)25(31,24(30)32-20)33-19-7-3-6-18-21(19)17(12-26-18)11-14-8-9-15-4-1-2-5-16(15)10-14/h1-10,12,20,22-24,26-31H,11,13H2/t20-,22-,23+,24+,25+/m1/s1. The van der Waals surface area contributed by atoms with Crippen LogP contribution >= 0.6 is 0 Å². The number of aliphatic hydroxyl groups is 5. The molecule has 8 nitrogen and oxygen atoms in total. The smallest absolute Gasteiger partial charge is 0.288 e. The van der Waals surface area contributed by atoms with E-state index in [-0.39, 0.29) is 5.75 Å². The lowest BCUT2D eigenvalue weighted by Crippen LogP contribution is -2.69. The molecule has 1 aliphatic rings. The first-order valence-electron chi connectivity index (χ1n) is 10.7. The zero-order valence-corrected chi connectivity index (χ0v) is 17.6. The summed E-state index contributed by atoms with van der Waals surface area (Å²) in [6, 6.07) is 19.4. The van der Waals surface area contributed by atoms with E-state index in [9.17, 15) is 25.5 Å². The van der Waals surface area contributed by atoms with Gasteiger partial charge in [-0.2, -0.15) is 0 Å². The number of aliphatic hydroxyl groups excluding tert-OH is 4. The van der Waals surface area contributed by atoms with Gasteiger partial charge in [0.25, 0.3) is 5.79 Å². The number of aromatic amines is 1. The van der Waals surface area contributed by atoms with Crippen molar-refractivity contribution in [1.82, 2.24) is 4.98 Å². The predicted molar refractivity (Wildman–Crippen MR) is 121 cm³/mol. The molecule has 1 saturated heterocycles. The van der Waals surface area contributed by atoms with Crippen molar-refractivity contribution in [1.29, 1.82) is 0 Å². The van der Waals surface area contributed by atoms with Crippen LogP contribution in [0.25, 0.3) is 21.7 Å². The molecule has 172 valence electrons. The van der Waals surface area contributed by atoms with Crippen molar-refractivity contribution in [3.05, 3.63) is 78.0 Å². The minimum absolute atomic E-state index is 0.198. The van der Waals surface area contributed by atoms with Gasteiger partial charge in [-0.3, -0.25) is 0 Å². The first-order valence-corrected chi connectivity index (χ1v) is 10.7. The summed E-state index contributed by atoms with van der Waals surface area (Å²) in [6.07, 6.45) is -4.42. The number of benzene rings is 3. The van der Waals surface area contributed by atoms with Gasteiger partial charge >= 0.3 is 0 Å². The molecule has 0 radical (unpaired) electrons. The molecule has 0 amide bonds. The lowest BCUT2D eigenvalue weighted by atomic mass is 9.95. The topological polar surface area (TPSA) is 135 Å². The fourth-order valence-electron chi connectivity index (χ4n) is 4.39. The average molecular weight is 451 g/mol. The number of rotatable bonds is 5. The molecule has 5 atom stereocenters.